The van der Waals surface area contributed by atoms with E-state index in [4.69, 9.17) is 9.47 Å². The predicted octanol–water partition coefficient (Wildman–Crippen LogP) is 2.99. The average molecular weight is 658 g/mol. The molecule has 0 radical (unpaired) electrons. The van der Waals surface area contributed by atoms with Crippen LogP contribution in [-0.2, 0) is 28.7 Å². The molecule has 47 heavy (non-hydrogen) atoms. The highest BCUT2D eigenvalue weighted by molar-refractivity contribution is 5.96. The monoisotopic (exact) mass is 657 g/mol. The van der Waals surface area contributed by atoms with Crippen LogP contribution in [0.25, 0.3) is 16.9 Å². The van der Waals surface area contributed by atoms with Gasteiger partial charge in [-0.25, -0.2) is 9.97 Å². The number of nitrogens with zero attached hydrogens (tertiary/aromatic N) is 7. The van der Waals surface area contributed by atoms with Gasteiger partial charge in [0, 0.05) is 69.5 Å². The van der Waals surface area contributed by atoms with E-state index in [9.17, 15) is 33.0 Å². The Balaban J connectivity index is 1.19. The Hall–Kier alpha value is -4.54. The molecule has 16 heteroatoms. The molecule has 3 aromatic heterocycles. The number of carbonyl (C=O) groups is 2. The van der Waals surface area contributed by atoms with E-state index in [1.807, 2.05) is 11.8 Å². The van der Waals surface area contributed by atoms with Crippen molar-refractivity contribution in [1.82, 2.24) is 33.9 Å². The van der Waals surface area contributed by atoms with Gasteiger partial charge in [-0.15, -0.1) is 0 Å². The lowest BCUT2D eigenvalue weighted by Gasteiger charge is -2.37. The third-order valence-corrected chi connectivity index (χ3v) is 8.40. The van der Waals surface area contributed by atoms with E-state index >= 15 is 0 Å². The van der Waals surface area contributed by atoms with E-state index in [1.165, 1.54) is 23.0 Å². The molecule has 1 aromatic carbocycles. The largest absolute Gasteiger partial charge is 0.436 e. The number of amides is 2. The van der Waals surface area contributed by atoms with Crippen molar-refractivity contribution in [1.29, 1.82) is 0 Å². The third kappa shape index (κ3) is 6.80. The lowest BCUT2D eigenvalue weighted by atomic mass is 9.98. The molecular weight excluding hydrogens is 623 g/mol. The maximum Gasteiger partial charge on any atom is 0.435 e. The van der Waals surface area contributed by atoms with Gasteiger partial charge in [0.15, 0.2) is 12.0 Å². The highest BCUT2D eigenvalue weighted by Gasteiger charge is 2.38. The molecule has 0 saturated carbocycles. The number of halogens is 3. The van der Waals surface area contributed by atoms with Crippen LogP contribution in [0, 0.1) is 5.92 Å². The van der Waals surface area contributed by atoms with Gasteiger partial charge < -0.3 is 29.5 Å². The molecule has 0 aliphatic carbocycles. The molecule has 0 bridgehead atoms. The normalized spacial score (nSPS) is 16.3. The minimum absolute atomic E-state index is 0.0249. The fourth-order valence-corrected chi connectivity index (χ4v) is 6.00. The van der Waals surface area contributed by atoms with E-state index in [0.29, 0.717) is 57.1 Å². The van der Waals surface area contributed by atoms with Crippen LogP contribution in [0.4, 0.5) is 13.2 Å². The molecule has 2 N–H and O–H groups in total. The van der Waals surface area contributed by atoms with Crippen LogP contribution in [0.3, 0.4) is 0 Å². The van der Waals surface area contributed by atoms with Crippen molar-refractivity contribution in [3.8, 4) is 22.9 Å². The summed E-state index contributed by atoms with van der Waals surface area (Å²) < 4.78 is 55.1. The van der Waals surface area contributed by atoms with Gasteiger partial charge in [-0.3, -0.25) is 18.7 Å². The van der Waals surface area contributed by atoms with Crippen molar-refractivity contribution in [2.45, 2.75) is 45.2 Å². The SMILES string of the molecule is CCc1cc(Oc2nccn3c(-c4cn(CC(O)O)nc4C(F)(F)F)cnc23)ccc1C(=O)N1CCN(C(=O)C2CCOCC2)CC1. The molecule has 2 aliphatic rings. The maximum absolute atomic E-state index is 13.8. The number of ether oxygens (including phenoxy) is 2. The summed E-state index contributed by atoms with van der Waals surface area (Å²) in [6.45, 7) is 4.35. The number of aryl methyl sites for hydroxylation is 1. The van der Waals surface area contributed by atoms with E-state index in [2.05, 4.69) is 15.1 Å². The molecule has 250 valence electrons. The Morgan fingerprint density at radius 3 is 2.49 bits per heavy atom. The third-order valence-electron chi connectivity index (χ3n) is 8.40. The molecule has 4 aromatic rings. The number of imidazole rings is 1. The smallest absolute Gasteiger partial charge is 0.435 e. The lowest BCUT2D eigenvalue weighted by Crippen LogP contribution is -2.52. The summed E-state index contributed by atoms with van der Waals surface area (Å²) in [5.41, 5.74) is -0.0902. The van der Waals surface area contributed by atoms with Crippen LogP contribution in [-0.4, -0.2) is 102 Å². The number of alkyl halides is 3. The van der Waals surface area contributed by atoms with Crippen LogP contribution in [0.5, 0.6) is 11.6 Å². The molecule has 13 nitrogen and oxygen atoms in total. The Bertz CT molecular complexity index is 1760. The summed E-state index contributed by atoms with van der Waals surface area (Å²) in [6.07, 6.45) is 0.340. The molecule has 2 aliphatic heterocycles. The number of fused-ring (bicyclic) bond motifs is 1. The Labute approximate surface area is 267 Å². The van der Waals surface area contributed by atoms with E-state index in [-0.39, 0.29) is 40.5 Å². The Morgan fingerprint density at radius 1 is 1.09 bits per heavy atom. The highest BCUT2D eigenvalue weighted by atomic mass is 19.4. The van der Waals surface area contributed by atoms with Gasteiger partial charge in [0.05, 0.1) is 24.0 Å². The summed E-state index contributed by atoms with van der Waals surface area (Å²) in [7, 11) is 0. The number of piperazine rings is 1. The van der Waals surface area contributed by atoms with Gasteiger partial charge in [-0.2, -0.15) is 18.3 Å². The van der Waals surface area contributed by atoms with Crippen LogP contribution in [0.2, 0.25) is 0 Å². The first kappa shape index (κ1) is 32.4. The second-order valence-corrected chi connectivity index (χ2v) is 11.4. The number of carbonyl (C=O) groups excluding carboxylic acids is 2. The number of hydrogen-bond acceptors (Lipinski definition) is 9. The standard InChI is InChI=1S/C31H34F3N7O6/c1-2-19-15-21(3-4-22(19)30(45)39-11-9-38(10-12-39)29(44)20-5-13-46-14-6-20)47-28-27-36-16-24(41(27)8-7-35-28)23-17-40(18-25(42)43)37-26(23)31(32,33)34/h3-4,7-8,15-17,20,25,42-43H,2,5-6,9-14,18H2,1H3. The molecule has 0 spiro atoms. The molecular formula is C31H34F3N7O6. The van der Waals surface area contributed by atoms with Gasteiger partial charge in [-0.05, 0) is 43.0 Å². The van der Waals surface area contributed by atoms with E-state index < -0.39 is 24.7 Å². The lowest BCUT2D eigenvalue weighted by molar-refractivity contribution is -0.141. The molecule has 2 fully saturated rings. The van der Waals surface area contributed by atoms with Crippen LogP contribution >= 0.6 is 0 Å². The van der Waals surface area contributed by atoms with Gasteiger partial charge in [0.1, 0.15) is 5.75 Å². The van der Waals surface area contributed by atoms with Crippen molar-refractivity contribution >= 4 is 17.5 Å². The first-order chi connectivity index (χ1) is 22.5. The molecule has 0 unspecified atom stereocenters. The van der Waals surface area contributed by atoms with Crippen molar-refractivity contribution < 1.29 is 42.4 Å². The van der Waals surface area contributed by atoms with Crippen molar-refractivity contribution in [2.75, 3.05) is 39.4 Å². The second-order valence-electron chi connectivity index (χ2n) is 11.4. The topological polar surface area (TPSA) is 148 Å². The number of aliphatic hydroxyl groups excluding tert-OH is 1. The van der Waals surface area contributed by atoms with Gasteiger partial charge >= 0.3 is 6.18 Å². The number of rotatable bonds is 8. The quantitative estimate of drug-likeness (QED) is 0.273. The zero-order valence-corrected chi connectivity index (χ0v) is 25.6. The zero-order chi connectivity index (χ0) is 33.3. The first-order valence-electron chi connectivity index (χ1n) is 15.3. The number of hydrogen-bond donors (Lipinski definition) is 2. The van der Waals surface area contributed by atoms with Crippen LogP contribution in [0.1, 0.15) is 41.4 Å². The summed E-state index contributed by atoms with van der Waals surface area (Å²) in [5.74, 6) is 0.344. The molecule has 6 rings (SSSR count). The summed E-state index contributed by atoms with van der Waals surface area (Å²) in [5, 5.41) is 22.0. The number of aromatic nitrogens is 5. The van der Waals surface area contributed by atoms with Crippen LogP contribution in [0.15, 0.2) is 43.0 Å². The predicted molar refractivity (Wildman–Crippen MR) is 159 cm³/mol. The van der Waals surface area contributed by atoms with Crippen molar-refractivity contribution in [3.05, 3.63) is 59.8 Å². The molecule has 5 heterocycles. The minimum Gasteiger partial charge on any atom is -0.436 e. The maximum atomic E-state index is 13.8. The fourth-order valence-electron chi connectivity index (χ4n) is 6.00. The van der Waals surface area contributed by atoms with Crippen molar-refractivity contribution in [2.24, 2.45) is 5.92 Å². The van der Waals surface area contributed by atoms with E-state index in [1.54, 1.807) is 23.1 Å². The van der Waals surface area contributed by atoms with Gasteiger partial charge in [0.25, 0.3) is 11.8 Å². The van der Waals surface area contributed by atoms with Crippen LogP contribution < -0.4 is 4.74 Å². The Kier molecular flexibility index (Phi) is 9.16. The highest BCUT2D eigenvalue weighted by Crippen LogP contribution is 2.37. The van der Waals surface area contributed by atoms with E-state index in [0.717, 1.165) is 29.3 Å². The first-order valence-corrected chi connectivity index (χ1v) is 15.3. The second kappa shape index (κ2) is 13.3. The molecule has 2 amide bonds. The van der Waals surface area contributed by atoms with Crippen molar-refractivity contribution in [3.63, 3.8) is 0 Å². The Morgan fingerprint density at radius 2 is 1.81 bits per heavy atom. The summed E-state index contributed by atoms with van der Waals surface area (Å²) in [6, 6.07) is 5.02. The van der Waals surface area contributed by atoms with Gasteiger partial charge in [0.2, 0.25) is 11.6 Å². The average Bonchev–Trinajstić information content (AvgIpc) is 3.69. The molecule has 0 atom stereocenters. The minimum atomic E-state index is -4.82. The number of benzene rings is 1. The summed E-state index contributed by atoms with van der Waals surface area (Å²) >= 11 is 0. The fraction of sp³-hybridized carbons (Fsp3) is 0.452. The van der Waals surface area contributed by atoms with Gasteiger partial charge in [-0.1, -0.05) is 6.92 Å². The number of aliphatic hydroxyl groups is 2. The zero-order valence-electron chi connectivity index (χ0n) is 25.6. The molecule has 2 saturated heterocycles. The summed E-state index contributed by atoms with van der Waals surface area (Å²) in [4.78, 5) is 38.5.